The Hall–Kier alpha value is -1.35. The van der Waals surface area contributed by atoms with Crippen LogP contribution in [0.15, 0.2) is 24.3 Å². The van der Waals surface area contributed by atoms with Gasteiger partial charge in [0.15, 0.2) is 0 Å². The van der Waals surface area contributed by atoms with Crippen LogP contribution in [0.4, 0.5) is 0 Å². The van der Waals surface area contributed by atoms with E-state index in [-0.39, 0.29) is 0 Å². The standard InChI is InChI=1S/C11H12ClN3/c1-3-11-14-13-8(2)15(11)10-7-5-4-6-9(10)12/h4-7H,3H2,1-2H3. The normalized spacial score (nSPS) is 10.6. The van der Waals surface area contributed by atoms with E-state index in [9.17, 15) is 0 Å². The van der Waals surface area contributed by atoms with E-state index in [1.165, 1.54) is 0 Å². The van der Waals surface area contributed by atoms with Crippen molar-refractivity contribution >= 4 is 11.6 Å². The molecule has 0 radical (unpaired) electrons. The van der Waals surface area contributed by atoms with Gasteiger partial charge in [0, 0.05) is 6.42 Å². The van der Waals surface area contributed by atoms with Crippen LogP contribution in [-0.4, -0.2) is 14.8 Å². The molecular formula is C11H12ClN3. The third-order valence-corrected chi connectivity index (χ3v) is 2.62. The van der Waals surface area contributed by atoms with Gasteiger partial charge in [-0.1, -0.05) is 30.7 Å². The fourth-order valence-electron chi connectivity index (χ4n) is 1.58. The highest BCUT2D eigenvalue weighted by atomic mass is 35.5. The van der Waals surface area contributed by atoms with Crippen molar-refractivity contribution in [2.24, 2.45) is 0 Å². The van der Waals surface area contributed by atoms with E-state index in [2.05, 4.69) is 17.1 Å². The number of rotatable bonds is 2. The van der Waals surface area contributed by atoms with Gasteiger partial charge in [-0.15, -0.1) is 10.2 Å². The van der Waals surface area contributed by atoms with Crippen LogP contribution < -0.4 is 0 Å². The monoisotopic (exact) mass is 221 g/mol. The quantitative estimate of drug-likeness (QED) is 0.781. The SMILES string of the molecule is CCc1nnc(C)n1-c1ccccc1Cl. The lowest BCUT2D eigenvalue weighted by atomic mass is 10.3. The minimum Gasteiger partial charge on any atom is -0.282 e. The summed E-state index contributed by atoms with van der Waals surface area (Å²) in [5.74, 6) is 1.79. The molecule has 0 amide bonds. The van der Waals surface area contributed by atoms with Gasteiger partial charge >= 0.3 is 0 Å². The molecule has 1 aromatic heterocycles. The lowest BCUT2D eigenvalue weighted by Gasteiger charge is -2.08. The van der Waals surface area contributed by atoms with E-state index < -0.39 is 0 Å². The zero-order chi connectivity index (χ0) is 10.8. The van der Waals surface area contributed by atoms with Gasteiger partial charge in [0.25, 0.3) is 0 Å². The molecule has 0 saturated carbocycles. The molecule has 0 aliphatic rings. The lowest BCUT2D eigenvalue weighted by molar-refractivity contribution is 0.871. The molecule has 1 heterocycles. The Morgan fingerprint density at radius 1 is 1.27 bits per heavy atom. The fourth-order valence-corrected chi connectivity index (χ4v) is 1.80. The van der Waals surface area contributed by atoms with Gasteiger partial charge in [-0.25, -0.2) is 0 Å². The van der Waals surface area contributed by atoms with Crippen LogP contribution in [0.2, 0.25) is 5.02 Å². The number of benzene rings is 1. The first-order valence-corrected chi connectivity index (χ1v) is 5.27. The molecule has 2 rings (SSSR count). The molecule has 4 heteroatoms. The summed E-state index contributed by atoms with van der Waals surface area (Å²) >= 11 is 6.14. The van der Waals surface area contributed by atoms with Crippen LogP contribution in [0.5, 0.6) is 0 Å². The molecule has 0 bridgehead atoms. The highest BCUT2D eigenvalue weighted by Gasteiger charge is 2.10. The van der Waals surface area contributed by atoms with Gasteiger partial charge in [-0.3, -0.25) is 4.57 Å². The van der Waals surface area contributed by atoms with Crippen LogP contribution in [0.1, 0.15) is 18.6 Å². The zero-order valence-corrected chi connectivity index (χ0v) is 9.49. The number of hydrogen-bond acceptors (Lipinski definition) is 2. The van der Waals surface area contributed by atoms with Crippen molar-refractivity contribution in [3.8, 4) is 5.69 Å². The maximum Gasteiger partial charge on any atom is 0.137 e. The highest BCUT2D eigenvalue weighted by molar-refractivity contribution is 6.32. The van der Waals surface area contributed by atoms with Crippen molar-refractivity contribution < 1.29 is 0 Å². The third kappa shape index (κ3) is 1.75. The van der Waals surface area contributed by atoms with Crippen molar-refractivity contribution in [3.63, 3.8) is 0 Å². The Morgan fingerprint density at radius 2 is 2.00 bits per heavy atom. The Balaban J connectivity index is 2.63. The molecule has 0 unspecified atom stereocenters. The second kappa shape index (κ2) is 4.03. The Morgan fingerprint density at radius 3 is 2.67 bits per heavy atom. The first-order valence-electron chi connectivity index (χ1n) is 4.90. The van der Waals surface area contributed by atoms with Gasteiger partial charge in [0.1, 0.15) is 11.6 Å². The van der Waals surface area contributed by atoms with Crippen LogP contribution in [0.3, 0.4) is 0 Å². The van der Waals surface area contributed by atoms with Crippen molar-refractivity contribution in [2.45, 2.75) is 20.3 Å². The molecule has 1 aromatic carbocycles. The molecule has 0 saturated heterocycles. The Bertz CT molecular complexity index is 476. The van der Waals surface area contributed by atoms with E-state index in [0.29, 0.717) is 0 Å². The zero-order valence-electron chi connectivity index (χ0n) is 8.74. The Labute approximate surface area is 93.7 Å². The maximum absolute atomic E-state index is 6.14. The van der Waals surface area contributed by atoms with E-state index in [0.717, 1.165) is 28.8 Å². The number of aryl methyl sites for hydroxylation is 2. The van der Waals surface area contributed by atoms with Crippen molar-refractivity contribution in [1.29, 1.82) is 0 Å². The second-order valence-electron chi connectivity index (χ2n) is 3.30. The molecule has 0 aliphatic heterocycles. The van der Waals surface area contributed by atoms with Crippen molar-refractivity contribution in [2.75, 3.05) is 0 Å². The largest absolute Gasteiger partial charge is 0.282 e. The fraction of sp³-hybridized carbons (Fsp3) is 0.273. The summed E-state index contributed by atoms with van der Waals surface area (Å²) in [5, 5.41) is 8.88. The molecule has 0 fully saturated rings. The Kier molecular flexibility index (Phi) is 2.73. The molecular weight excluding hydrogens is 210 g/mol. The molecule has 2 aromatic rings. The minimum absolute atomic E-state index is 0.718. The minimum atomic E-state index is 0.718. The predicted molar refractivity (Wildman–Crippen MR) is 60.5 cm³/mol. The molecule has 0 atom stereocenters. The average Bonchev–Trinajstić information content (AvgIpc) is 2.60. The number of para-hydroxylation sites is 1. The van der Waals surface area contributed by atoms with E-state index in [1.807, 2.05) is 35.8 Å². The van der Waals surface area contributed by atoms with Gasteiger partial charge in [0.2, 0.25) is 0 Å². The van der Waals surface area contributed by atoms with Crippen molar-refractivity contribution in [3.05, 3.63) is 40.9 Å². The number of hydrogen-bond donors (Lipinski definition) is 0. The van der Waals surface area contributed by atoms with Gasteiger partial charge in [-0.05, 0) is 19.1 Å². The summed E-state index contributed by atoms with van der Waals surface area (Å²) < 4.78 is 1.99. The number of halogens is 1. The first-order chi connectivity index (χ1) is 7.24. The van der Waals surface area contributed by atoms with Gasteiger partial charge in [0.05, 0.1) is 10.7 Å². The predicted octanol–water partition coefficient (Wildman–Crippen LogP) is 2.79. The van der Waals surface area contributed by atoms with Crippen LogP contribution in [0, 0.1) is 6.92 Å². The van der Waals surface area contributed by atoms with Crippen LogP contribution in [0.25, 0.3) is 5.69 Å². The smallest absolute Gasteiger partial charge is 0.137 e. The first kappa shape index (κ1) is 10.2. The van der Waals surface area contributed by atoms with Gasteiger partial charge < -0.3 is 0 Å². The van der Waals surface area contributed by atoms with E-state index >= 15 is 0 Å². The second-order valence-corrected chi connectivity index (χ2v) is 3.71. The van der Waals surface area contributed by atoms with Gasteiger partial charge in [-0.2, -0.15) is 0 Å². The highest BCUT2D eigenvalue weighted by Crippen LogP contribution is 2.22. The summed E-state index contributed by atoms with van der Waals surface area (Å²) in [7, 11) is 0. The van der Waals surface area contributed by atoms with E-state index in [1.54, 1.807) is 0 Å². The summed E-state index contributed by atoms with van der Waals surface area (Å²) in [6.45, 7) is 3.98. The molecule has 0 N–H and O–H groups in total. The molecule has 3 nitrogen and oxygen atoms in total. The average molecular weight is 222 g/mol. The molecule has 0 aliphatic carbocycles. The lowest BCUT2D eigenvalue weighted by Crippen LogP contribution is -2.02. The topological polar surface area (TPSA) is 30.7 Å². The molecule has 0 spiro atoms. The number of nitrogens with zero attached hydrogens (tertiary/aromatic N) is 3. The third-order valence-electron chi connectivity index (χ3n) is 2.30. The summed E-state index contributed by atoms with van der Waals surface area (Å²) in [6.07, 6.45) is 0.839. The van der Waals surface area contributed by atoms with Crippen LogP contribution in [-0.2, 0) is 6.42 Å². The summed E-state index contributed by atoms with van der Waals surface area (Å²) in [6, 6.07) is 7.71. The molecule has 15 heavy (non-hydrogen) atoms. The van der Waals surface area contributed by atoms with E-state index in [4.69, 9.17) is 11.6 Å². The number of aromatic nitrogens is 3. The maximum atomic E-state index is 6.14. The van der Waals surface area contributed by atoms with Crippen molar-refractivity contribution in [1.82, 2.24) is 14.8 Å². The van der Waals surface area contributed by atoms with Crippen LogP contribution >= 0.6 is 11.6 Å². The molecule has 78 valence electrons. The summed E-state index contributed by atoms with van der Waals surface area (Å²) in [5.41, 5.74) is 0.943. The summed E-state index contributed by atoms with van der Waals surface area (Å²) in [4.78, 5) is 0.